The molecule has 5 heteroatoms. The molecule has 0 spiro atoms. The summed E-state index contributed by atoms with van der Waals surface area (Å²) in [5, 5.41) is 4.26. The third kappa shape index (κ3) is 3.88. The van der Waals surface area contributed by atoms with Crippen molar-refractivity contribution in [3.8, 4) is 5.75 Å². The monoisotopic (exact) mass is 366 g/mol. The lowest BCUT2D eigenvalue weighted by atomic mass is 10.0. The zero-order valence-electron chi connectivity index (χ0n) is 14.8. The van der Waals surface area contributed by atoms with E-state index < -0.39 is 0 Å². The second kappa shape index (κ2) is 7.46. The molecular weight excluding hydrogens is 344 g/mol. The summed E-state index contributed by atoms with van der Waals surface area (Å²) in [7, 11) is 1.66. The SMILES string of the molecule is COc1ccc(C(NC(=O)CCc2nc3ccccc3s2)C2CC2)cc1. The summed E-state index contributed by atoms with van der Waals surface area (Å²) >= 11 is 1.67. The van der Waals surface area contributed by atoms with E-state index in [1.807, 2.05) is 30.3 Å². The second-order valence-electron chi connectivity index (χ2n) is 6.73. The van der Waals surface area contributed by atoms with Crippen LogP contribution in [0.2, 0.25) is 0 Å². The first-order chi connectivity index (χ1) is 12.7. The van der Waals surface area contributed by atoms with Crippen LogP contribution in [0.4, 0.5) is 0 Å². The van der Waals surface area contributed by atoms with Crippen molar-refractivity contribution >= 4 is 27.5 Å². The minimum atomic E-state index is 0.0944. The van der Waals surface area contributed by atoms with Crippen molar-refractivity contribution in [2.75, 3.05) is 7.11 Å². The number of aryl methyl sites for hydroxylation is 1. The second-order valence-corrected chi connectivity index (χ2v) is 7.85. The summed E-state index contributed by atoms with van der Waals surface area (Å²) in [6, 6.07) is 16.2. The number of hydrogen-bond donors (Lipinski definition) is 1. The molecule has 1 aromatic heterocycles. The Labute approximate surface area is 157 Å². The third-order valence-electron chi connectivity index (χ3n) is 4.79. The molecule has 1 fully saturated rings. The molecule has 0 aliphatic heterocycles. The molecule has 0 bridgehead atoms. The maximum atomic E-state index is 12.5. The largest absolute Gasteiger partial charge is 0.497 e. The lowest BCUT2D eigenvalue weighted by Gasteiger charge is -2.19. The molecule has 4 nitrogen and oxygen atoms in total. The van der Waals surface area contributed by atoms with E-state index >= 15 is 0 Å². The Balaban J connectivity index is 1.38. The van der Waals surface area contributed by atoms with Crippen molar-refractivity contribution in [1.29, 1.82) is 0 Å². The number of carbonyl (C=O) groups is 1. The van der Waals surface area contributed by atoms with Crippen LogP contribution in [0, 0.1) is 5.92 Å². The molecular formula is C21H22N2O2S. The van der Waals surface area contributed by atoms with Gasteiger partial charge in [-0.15, -0.1) is 11.3 Å². The van der Waals surface area contributed by atoms with Crippen molar-refractivity contribution in [3.63, 3.8) is 0 Å². The van der Waals surface area contributed by atoms with Gasteiger partial charge in [-0.3, -0.25) is 4.79 Å². The Morgan fingerprint density at radius 1 is 1.23 bits per heavy atom. The average Bonchev–Trinajstić information content (AvgIpc) is 3.43. The van der Waals surface area contributed by atoms with E-state index in [1.54, 1.807) is 18.4 Å². The molecule has 3 aromatic rings. The van der Waals surface area contributed by atoms with E-state index in [0.717, 1.165) is 21.8 Å². The smallest absolute Gasteiger partial charge is 0.220 e. The summed E-state index contributed by atoms with van der Waals surface area (Å²) in [6.45, 7) is 0. The number of benzene rings is 2. The molecule has 134 valence electrons. The van der Waals surface area contributed by atoms with Gasteiger partial charge in [-0.2, -0.15) is 0 Å². The van der Waals surface area contributed by atoms with Crippen LogP contribution < -0.4 is 10.1 Å². The fourth-order valence-electron chi connectivity index (χ4n) is 3.21. The standard InChI is InChI=1S/C21H22N2O2S/c1-25-16-10-8-15(9-11-16)21(14-6-7-14)23-19(24)12-13-20-22-17-4-2-3-5-18(17)26-20/h2-5,8-11,14,21H,6-7,12-13H2,1H3,(H,23,24). The average molecular weight is 366 g/mol. The highest BCUT2D eigenvalue weighted by molar-refractivity contribution is 7.18. The number of nitrogens with zero attached hydrogens (tertiary/aromatic N) is 1. The normalized spacial score (nSPS) is 15.0. The van der Waals surface area contributed by atoms with Gasteiger partial charge in [0.05, 0.1) is 28.4 Å². The van der Waals surface area contributed by atoms with E-state index in [1.165, 1.54) is 17.5 Å². The Morgan fingerprint density at radius 3 is 2.69 bits per heavy atom. The molecule has 26 heavy (non-hydrogen) atoms. The first-order valence-corrected chi connectivity index (χ1v) is 9.82. The van der Waals surface area contributed by atoms with Crippen molar-refractivity contribution in [2.45, 2.75) is 31.7 Å². The molecule has 1 atom stereocenters. The highest BCUT2D eigenvalue weighted by atomic mass is 32.1. The van der Waals surface area contributed by atoms with Gasteiger partial charge in [-0.05, 0) is 48.6 Å². The Bertz CT molecular complexity index is 867. The van der Waals surface area contributed by atoms with Gasteiger partial charge in [0.2, 0.25) is 5.91 Å². The predicted molar refractivity (Wildman–Crippen MR) is 105 cm³/mol. The van der Waals surface area contributed by atoms with Gasteiger partial charge in [-0.25, -0.2) is 4.98 Å². The maximum Gasteiger partial charge on any atom is 0.220 e. The highest BCUT2D eigenvalue weighted by Gasteiger charge is 2.33. The fourth-order valence-corrected chi connectivity index (χ4v) is 4.17. The van der Waals surface area contributed by atoms with Crippen LogP contribution in [-0.2, 0) is 11.2 Å². The molecule has 1 heterocycles. The first kappa shape index (κ1) is 17.0. The molecule has 1 N–H and O–H groups in total. The molecule has 4 rings (SSSR count). The summed E-state index contributed by atoms with van der Waals surface area (Å²) in [6.07, 6.45) is 3.51. The molecule has 1 amide bonds. The van der Waals surface area contributed by atoms with Crippen LogP contribution in [0.3, 0.4) is 0 Å². The quantitative estimate of drug-likeness (QED) is 0.669. The van der Waals surface area contributed by atoms with Crippen LogP contribution in [0.15, 0.2) is 48.5 Å². The van der Waals surface area contributed by atoms with Crippen LogP contribution in [0.5, 0.6) is 5.75 Å². The molecule has 1 aliphatic carbocycles. The van der Waals surface area contributed by atoms with Crippen LogP contribution in [0.25, 0.3) is 10.2 Å². The number of methoxy groups -OCH3 is 1. The van der Waals surface area contributed by atoms with Crippen LogP contribution in [0.1, 0.15) is 35.9 Å². The summed E-state index contributed by atoms with van der Waals surface area (Å²) < 4.78 is 6.40. The van der Waals surface area contributed by atoms with Crippen molar-refractivity contribution in [2.24, 2.45) is 5.92 Å². The maximum absolute atomic E-state index is 12.5. The number of rotatable bonds is 7. The van der Waals surface area contributed by atoms with Crippen LogP contribution >= 0.6 is 11.3 Å². The number of hydrogen-bond acceptors (Lipinski definition) is 4. The number of thiazole rings is 1. The number of amides is 1. The molecule has 0 saturated heterocycles. The molecule has 1 saturated carbocycles. The van der Waals surface area contributed by atoms with Gasteiger partial charge < -0.3 is 10.1 Å². The Hall–Kier alpha value is -2.40. The molecule has 1 unspecified atom stereocenters. The van der Waals surface area contributed by atoms with Gasteiger partial charge >= 0.3 is 0 Å². The van der Waals surface area contributed by atoms with E-state index in [-0.39, 0.29) is 11.9 Å². The number of aromatic nitrogens is 1. The number of nitrogens with one attached hydrogen (secondary N) is 1. The number of ether oxygens (including phenoxy) is 1. The van der Waals surface area contributed by atoms with E-state index in [4.69, 9.17) is 4.74 Å². The van der Waals surface area contributed by atoms with Gasteiger partial charge in [0.15, 0.2) is 0 Å². The van der Waals surface area contributed by atoms with E-state index in [0.29, 0.717) is 18.8 Å². The number of carbonyl (C=O) groups excluding carboxylic acids is 1. The van der Waals surface area contributed by atoms with Crippen molar-refractivity contribution in [3.05, 3.63) is 59.1 Å². The minimum absolute atomic E-state index is 0.0944. The molecule has 2 aromatic carbocycles. The number of fused-ring (bicyclic) bond motifs is 1. The molecule has 0 radical (unpaired) electrons. The van der Waals surface area contributed by atoms with Gasteiger partial charge in [0.25, 0.3) is 0 Å². The third-order valence-corrected chi connectivity index (χ3v) is 5.89. The fraction of sp³-hybridized carbons (Fsp3) is 0.333. The van der Waals surface area contributed by atoms with Crippen molar-refractivity contribution in [1.82, 2.24) is 10.3 Å². The van der Waals surface area contributed by atoms with E-state index in [9.17, 15) is 4.79 Å². The lowest BCUT2D eigenvalue weighted by molar-refractivity contribution is -0.122. The van der Waals surface area contributed by atoms with E-state index in [2.05, 4.69) is 28.5 Å². The topological polar surface area (TPSA) is 51.2 Å². The summed E-state index contributed by atoms with van der Waals surface area (Å²) in [5.74, 6) is 1.48. The number of para-hydroxylation sites is 1. The highest BCUT2D eigenvalue weighted by Crippen LogP contribution is 2.41. The summed E-state index contributed by atoms with van der Waals surface area (Å²) in [5.41, 5.74) is 2.17. The van der Waals surface area contributed by atoms with Gasteiger partial charge in [-0.1, -0.05) is 24.3 Å². The molecule has 1 aliphatic rings. The first-order valence-electron chi connectivity index (χ1n) is 9.00. The zero-order valence-corrected chi connectivity index (χ0v) is 15.6. The van der Waals surface area contributed by atoms with Gasteiger partial charge in [0.1, 0.15) is 5.75 Å². The van der Waals surface area contributed by atoms with Crippen LogP contribution in [-0.4, -0.2) is 18.0 Å². The zero-order chi connectivity index (χ0) is 17.9. The van der Waals surface area contributed by atoms with Gasteiger partial charge in [0, 0.05) is 12.8 Å². The summed E-state index contributed by atoms with van der Waals surface area (Å²) in [4.78, 5) is 17.1. The van der Waals surface area contributed by atoms with Crippen molar-refractivity contribution < 1.29 is 9.53 Å². The minimum Gasteiger partial charge on any atom is -0.497 e. The Kier molecular flexibility index (Phi) is 4.89. The predicted octanol–water partition coefficient (Wildman–Crippen LogP) is 4.51. The Morgan fingerprint density at radius 2 is 2.00 bits per heavy atom. The lowest BCUT2D eigenvalue weighted by Crippen LogP contribution is -2.30.